The molecule has 2 aromatic heterocycles. The monoisotopic (exact) mass is 242 g/mol. The van der Waals surface area contributed by atoms with Crippen LogP contribution in [0.25, 0.3) is 0 Å². The van der Waals surface area contributed by atoms with Gasteiger partial charge in [0.2, 0.25) is 0 Å². The number of aromatic nitrogens is 4. The first kappa shape index (κ1) is 10.4. The average molecular weight is 243 g/mol. The molecule has 4 nitrogen and oxygen atoms in total. The van der Waals surface area contributed by atoms with Gasteiger partial charge in [-0.15, -0.1) is 16.7 Å². The van der Waals surface area contributed by atoms with Crippen molar-refractivity contribution in [3.63, 3.8) is 0 Å². The lowest BCUT2D eigenvalue weighted by Gasteiger charge is -2.01. The van der Waals surface area contributed by atoms with Crippen molar-refractivity contribution in [2.24, 2.45) is 0 Å². The van der Waals surface area contributed by atoms with Crippen LogP contribution >= 0.6 is 23.2 Å². The summed E-state index contributed by atoms with van der Waals surface area (Å²) in [5, 5.41) is 8.43. The number of alkyl halides is 1. The van der Waals surface area contributed by atoms with E-state index in [4.69, 9.17) is 23.2 Å². The molecule has 0 N–H and O–H groups in total. The van der Waals surface area contributed by atoms with Gasteiger partial charge in [0.25, 0.3) is 0 Å². The number of halogens is 2. The summed E-state index contributed by atoms with van der Waals surface area (Å²) < 4.78 is 1.69. The molecule has 0 spiro atoms. The van der Waals surface area contributed by atoms with E-state index < -0.39 is 0 Å². The first-order valence-corrected chi connectivity index (χ1v) is 5.24. The van der Waals surface area contributed by atoms with E-state index in [0.29, 0.717) is 17.4 Å². The molecule has 6 heteroatoms. The third-order valence-corrected chi connectivity index (χ3v) is 2.53. The van der Waals surface area contributed by atoms with Crippen LogP contribution in [0, 0.1) is 0 Å². The molecular formula is C9H8Cl2N4. The zero-order valence-electron chi connectivity index (χ0n) is 7.77. The molecule has 2 aromatic rings. The van der Waals surface area contributed by atoms with Crippen LogP contribution < -0.4 is 0 Å². The third kappa shape index (κ3) is 2.46. The number of pyridine rings is 1. The second kappa shape index (κ2) is 4.59. The number of nitrogens with zero attached hydrogens (tertiary/aromatic N) is 4. The van der Waals surface area contributed by atoms with Crippen LogP contribution in [-0.2, 0) is 12.4 Å². The maximum atomic E-state index is 5.96. The summed E-state index contributed by atoms with van der Waals surface area (Å²) in [6.45, 7) is 0.575. The van der Waals surface area contributed by atoms with Gasteiger partial charge in [-0.3, -0.25) is 4.98 Å². The van der Waals surface area contributed by atoms with Crippen molar-refractivity contribution in [3.8, 4) is 0 Å². The minimum atomic E-state index is 0.365. The summed E-state index contributed by atoms with van der Waals surface area (Å²) in [6, 6.07) is 1.85. The average Bonchev–Trinajstić information content (AvgIpc) is 2.69. The van der Waals surface area contributed by atoms with Gasteiger partial charge in [0.1, 0.15) is 0 Å². The van der Waals surface area contributed by atoms with Gasteiger partial charge >= 0.3 is 0 Å². The summed E-state index contributed by atoms with van der Waals surface area (Å²) in [5.41, 5.74) is 1.71. The largest absolute Gasteiger partial charge is 0.263 e. The van der Waals surface area contributed by atoms with Crippen molar-refractivity contribution in [1.29, 1.82) is 0 Å². The molecule has 0 saturated carbocycles. The van der Waals surface area contributed by atoms with E-state index in [-0.39, 0.29) is 0 Å². The molecule has 2 heterocycles. The van der Waals surface area contributed by atoms with Crippen molar-refractivity contribution >= 4 is 23.2 Å². The molecule has 0 radical (unpaired) electrons. The third-order valence-electron chi connectivity index (χ3n) is 1.91. The normalized spacial score (nSPS) is 10.5. The predicted molar refractivity (Wildman–Crippen MR) is 57.9 cm³/mol. The Morgan fingerprint density at radius 3 is 2.93 bits per heavy atom. The highest BCUT2D eigenvalue weighted by Gasteiger charge is 2.03. The molecule has 0 aromatic carbocycles. The van der Waals surface area contributed by atoms with Crippen molar-refractivity contribution in [2.45, 2.75) is 12.4 Å². The Bertz CT molecular complexity index is 455. The van der Waals surface area contributed by atoms with Crippen LogP contribution in [-0.4, -0.2) is 20.0 Å². The van der Waals surface area contributed by atoms with Gasteiger partial charge in [0.15, 0.2) is 0 Å². The summed E-state index contributed by atoms with van der Waals surface area (Å²) in [6.07, 6.45) is 5.10. The van der Waals surface area contributed by atoms with Gasteiger partial charge in [0.05, 0.1) is 29.3 Å². The summed E-state index contributed by atoms with van der Waals surface area (Å²) in [4.78, 5) is 3.91. The molecular weight excluding hydrogens is 235 g/mol. The first-order valence-electron chi connectivity index (χ1n) is 4.33. The Morgan fingerprint density at radius 1 is 1.40 bits per heavy atom. The van der Waals surface area contributed by atoms with Crippen LogP contribution in [0.1, 0.15) is 11.3 Å². The molecule has 0 unspecified atom stereocenters. The molecule has 0 aliphatic rings. The Hall–Kier alpha value is -1.13. The van der Waals surface area contributed by atoms with E-state index in [9.17, 15) is 0 Å². The minimum absolute atomic E-state index is 0.365. The van der Waals surface area contributed by atoms with Crippen LogP contribution in [0.5, 0.6) is 0 Å². The van der Waals surface area contributed by atoms with Crippen LogP contribution in [0.4, 0.5) is 0 Å². The molecule has 78 valence electrons. The summed E-state index contributed by atoms with van der Waals surface area (Å²) in [7, 11) is 0. The second-order valence-electron chi connectivity index (χ2n) is 3.01. The quantitative estimate of drug-likeness (QED) is 0.775. The van der Waals surface area contributed by atoms with E-state index >= 15 is 0 Å². The van der Waals surface area contributed by atoms with Crippen LogP contribution in [0.15, 0.2) is 24.7 Å². The van der Waals surface area contributed by atoms with Crippen LogP contribution in [0.2, 0.25) is 5.02 Å². The van der Waals surface area contributed by atoms with Gasteiger partial charge in [-0.05, 0) is 11.6 Å². The zero-order valence-corrected chi connectivity index (χ0v) is 9.28. The molecule has 0 fully saturated rings. The lowest BCUT2D eigenvalue weighted by molar-refractivity contribution is 0.649. The fraction of sp³-hybridized carbons (Fsp3) is 0.222. The van der Waals surface area contributed by atoms with Gasteiger partial charge in [0, 0.05) is 12.4 Å². The second-order valence-corrected chi connectivity index (χ2v) is 3.68. The standard InChI is InChI=1S/C9H8Cl2N4/c10-3-8-6-15(14-13-8)5-7-1-2-12-4-9(7)11/h1-2,4,6H,3,5H2. The maximum absolute atomic E-state index is 5.96. The molecule has 0 aliphatic heterocycles. The smallest absolute Gasteiger partial charge is 0.0974 e. The van der Waals surface area contributed by atoms with Gasteiger partial charge in [-0.2, -0.15) is 0 Å². The molecule has 0 aliphatic carbocycles. The van der Waals surface area contributed by atoms with Crippen molar-refractivity contribution < 1.29 is 0 Å². The molecule has 2 rings (SSSR count). The predicted octanol–water partition coefficient (Wildman–Crippen LogP) is 2.11. The first-order chi connectivity index (χ1) is 7.29. The maximum Gasteiger partial charge on any atom is 0.0974 e. The van der Waals surface area contributed by atoms with Gasteiger partial charge < -0.3 is 0 Å². The number of hydrogen-bond acceptors (Lipinski definition) is 3. The Morgan fingerprint density at radius 2 is 2.27 bits per heavy atom. The summed E-state index contributed by atoms with van der Waals surface area (Å²) in [5.74, 6) is 0.365. The van der Waals surface area contributed by atoms with Crippen LogP contribution in [0.3, 0.4) is 0 Å². The SMILES string of the molecule is ClCc1cn(Cc2ccncc2Cl)nn1. The van der Waals surface area contributed by atoms with Crippen molar-refractivity contribution in [2.75, 3.05) is 0 Å². The fourth-order valence-corrected chi connectivity index (χ4v) is 1.49. The lowest BCUT2D eigenvalue weighted by Crippen LogP contribution is -2.01. The van der Waals surface area contributed by atoms with Crippen molar-refractivity contribution in [3.05, 3.63) is 40.9 Å². The van der Waals surface area contributed by atoms with E-state index in [1.54, 1.807) is 23.3 Å². The molecule has 15 heavy (non-hydrogen) atoms. The number of rotatable bonds is 3. The Kier molecular flexibility index (Phi) is 3.18. The fourth-order valence-electron chi connectivity index (χ4n) is 1.18. The van der Waals surface area contributed by atoms with E-state index in [1.807, 2.05) is 6.07 Å². The zero-order chi connectivity index (χ0) is 10.7. The molecule has 0 amide bonds. The lowest BCUT2D eigenvalue weighted by atomic mass is 10.3. The highest BCUT2D eigenvalue weighted by atomic mass is 35.5. The highest BCUT2D eigenvalue weighted by Crippen LogP contribution is 2.14. The van der Waals surface area contributed by atoms with Gasteiger partial charge in [-0.1, -0.05) is 16.8 Å². The topological polar surface area (TPSA) is 43.6 Å². The minimum Gasteiger partial charge on any atom is -0.263 e. The van der Waals surface area contributed by atoms with E-state index in [2.05, 4.69) is 15.3 Å². The van der Waals surface area contributed by atoms with E-state index in [0.717, 1.165) is 11.3 Å². The van der Waals surface area contributed by atoms with E-state index in [1.165, 1.54) is 0 Å². The Labute approximate surface area is 96.8 Å². The number of hydrogen-bond donors (Lipinski definition) is 0. The highest BCUT2D eigenvalue weighted by molar-refractivity contribution is 6.31. The Balaban J connectivity index is 2.18. The summed E-state index contributed by atoms with van der Waals surface area (Å²) >= 11 is 11.6. The molecule has 0 bridgehead atoms. The molecule has 0 atom stereocenters. The molecule has 0 saturated heterocycles. The van der Waals surface area contributed by atoms with Gasteiger partial charge in [-0.25, -0.2) is 4.68 Å². The van der Waals surface area contributed by atoms with Crippen molar-refractivity contribution in [1.82, 2.24) is 20.0 Å².